The number of benzene rings is 3. The van der Waals surface area contributed by atoms with Crippen molar-refractivity contribution < 1.29 is 14.3 Å². The number of nitrogen functional groups attached to an aromatic ring is 1. The molecule has 0 unspecified atom stereocenters. The molecule has 8 nitrogen and oxygen atoms in total. The molecule has 1 atom stereocenters. The molecule has 35 heavy (non-hydrogen) atoms. The highest BCUT2D eigenvalue weighted by Crippen LogP contribution is 2.25. The lowest BCUT2D eigenvalue weighted by molar-refractivity contribution is -0.120. The number of nitriles is 1. The Bertz CT molecular complexity index is 1260. The van der Waals surface area contributed by atoms with E-state index in [1.54, 1.807) is 43.3 Å². The van der Waals surface area contributed by atoms with Crippen LogP contribution in [0.1, 0.15) is 23.6 Å². The first kappa shape index (κ1) is 25.0. The van der Waals surface area contributed by atoms with Gasteiger partial charge in [-0.2, -0.15) is 5.26 Å². The van der Waals surface area contributed by atoms with Gasteiger partial charge in [0, 0.05) is 24.7 Å². The predicted octanol–water partition coefficient (Wildman–Crippen LogP) is 4.15. The van der Waals surface area contributed by atoms with Crippen LogP contribution in [-0.4, -0.2) is 42.4 Å². The number of ether oxygens (including phenoxy) is 1. The third kappa shape index (κ3) is 6.24. The van der Waals surface area contributed by atoms with Crippen molar-refractivity contribution in [3.63, 3.8) is 0 Å². The number of amides is 2. The van der Waals surface area contributed by atoms with Crippen LogP contribution >= 0.6 is 0 Å². The second-order valence-electron chi connectivity index (χ2n) is 7.87. The van der Waals surface area contributed by atoms with Gasteiger partial charge in [0.25, 0.3) is 0 Å². The van der Waals surface area contributed by atoms with Crippen LogP contribution in [0.4, 0.5) is 10.5 Å². The summed E-state index contributed by atoms with van der Waals surface area (Å²) in [5.41, 5.74) is 9.65. The van der Waals surface area contributed by atoms with Gasteiger partial charge < -0.3 is 15.8 Å². The van der Waals surface area contributed by atoms with E-state index >= 15 is 0 Å². The Kier molecular flexibility index (Phi) is 8.20. The first-order valence-corrected chi connectivity index (χ1v) is 11.1. The highest BCUT2D eigenvalue weighted by atomic mass is 16.6. The smallest absolute Gasteiger partial charge is 0.410 e. The fourth-order valence-corrected chi connectivity index (χ4v) is 3.64. The number of rotatable bonds is 8. The van der Waals surface area contributed by atoms with E-state index in [-0.39, 0.29) is 24.8 Å². The summed E-state index contributed by atoms with van der Waals surface area (Å²) >= 11 is 0. The van der Waals surface area contributed by atoms with Crippen molar-refractivity contribution in [2.45, 2.75) is 19.4 Å². The predicted molar refractivity (Wildman–Crippen MR) is 135 cm³/mol. The standard InChI is InChI=1S/C27H27N5O3/c1-3-35-27(34)32(2)24(16-18-7-6-9-20(15-18)25(29)30)26(33)31-22-13-11-19(12-14-22)23-10-5-4-8-21(23)17-28/h4-15,24H,3,16H2,1-2H3,(H3,29,30)(H,31,33)/t24-/m0/s1. The SMILES string of the molecule is CCOC(=O)N(C)[C@@H](Cc1cccc(C(=N)N)c1)C(=O)Nc1ccc(-c2ccccc2C#N)cc1. The first-order valence-electron chi connectivity index (χ1n) is 11.1. The first-order chi connectivity index (χ1) is 16.8. The molecule has 0 spiro atoms. The molecule has 0 aliphatic heterocycles. The molecule has 0 fully saturated rings. The summed E-state index contributed by atoms with van der Waals surface area (Å²) in [7, 11) is 1.51. The summed E-state index contributed by atoms with van der Waals surface area (Å²) in [5.74, 6) is -0.469. The van der Waals surface area contributed by atoms with Gasteiger partial charge in [0.15, 0.2) is 0 Å². The van der Waals surface area contributed by atoms with Crippen LogP contribution < -0.4 is 11.1 Å². The Hall–Kier alpha value is -4.64. The van der Waals surface area contributed by atoms with Crippen molar-refractivity contribution in [1.29, 1.82) is 10.7 Å². The summed E-state index contributed by atoms with van der Waals surface area (Å²) in [5, 5.41) is 19.9. The number of hydrogen-bond donors (Lipinski definition) is 3. The molecule has 0 bridgehead atoms. The number of nitrogens with zero attached hydrogens (tertiary/aromatic N) is 2. The average Bonchev–Trinajstić information content (AvgIpc) is 2.87. The Morgan fingerprint density at radius 1 is 1.11 bits per heavy atom. The number of amidine groups is 1. The minimum atomic E-state index is -0.866. The minimum absolute atomic E-state index is 0.0790. The van der Waals surface area contributed by atoms with Gasteiger partial charge in [-0.15, -0.1) is 0 Å². The number of nitrogens with two attached hydrogens (primary N) is 1. The van der Waals surface area contributed by atoms with Crippen LogP contribution in [0.5, 0.6) is 0 Å². The van der Waals surface area contributed by atoms with Crippen molar-refractivity contribution in [1.82, 2.24) is 4.90 Å². The van der Waals surface area contributed by atoms with E-state index in [0.717, 1.165) is 16.7 Å². The molecule has 3 aromatic rings. The molecule has 0 saturated carbocycles. The number of carbonyl (C=O) groups is 2. The maximum Gasteiger partial charge on any atom is 0.410 e. The highest BCUT2D eigenvalue weighted by molar-refractivity contribution is 5.97. The summed E-state index contributed by atoms with van der Waals surface area (Å²) < 4.78 is 5.10. The summed E-state index contributed by atoms with van der Waals surface area (Å²) in [6, 6.07) is 22.8. The van der Waals surface area contributed by atoms with Crippen LogP contribution in [-0.2, 0) is 16.0 Å². The molecule has 3 aromatic carbocycles. The molecule has 0 saturated heterocycles. The lowest BCUT2D eigenvalue weighted by atomic mass is 10.00. The van der Waals surface area contributed by atoms with E-state index in [9.17, 15) is 14.9 Å². The number of likely N-dealkylation sites (N-methyl/N-ethyl adjacent to an activating group) is 1. The number of nitrogens with one attached hydrogen (secondary N) is 2. The molecule has 3 rings (SSSR count). The number of anilines is 1. The molecule has 8 heteroatoms. The molecule has 0 radical (unpaired) electrons. The zero-order valence-corrected chi connectivity index (χ0v) is 19.6. The van der Waals surface area contributed by atoms with E-state index in [1.165, 1.54) is 11.9 Å². The Morgan fingerprint density at radius 3 is 2.49 bits per heavy atom. The fraction of sp³-hybridized carbons (Fsp3) is 0.185. The fourth-order valence-electron chi connectivity index (χ4n) is 3.64. The number of hydrogen-bond acceptors (Lipinski definition) is 5. The Labute approximate surface area is 204 Å². The molecule has 178 valence electrons. The van der Waals surface area contributed by atoms with Gasteiger partial charge in [-0.25, -0.2) is 4.79 Å². The lowest BCUT2D eigenvalue weighted by Gasteiger charge is -2.27. The monoisotopic (exact) mass is 469 g/mol. The van der Waals surface area contributed by atoms with E-state index in [2.05, 4.69) is 11.4 Å². The van der Waals surface area contributed by atoms with Crippen LogP contribution in [0, 0.1) is 16.7 Å². The highest BCUT2D eigenvalue weighted by Gasteiger charge is 2.28. The molecule has 0 heterocycles. The quantitative estimate of drug-likeness (QED) is 0.337. The van der Waals surface area contributed by atoms with Crippen LogP contribution in [0.2, 0.25) is 0 Å². The van der Waals surface area contributed by atoms with Crippen molar-refractivity contribution in [3.05, 3.63) is 89.5 Å². The van der Waals surface area contributed by atoms with Gasteiger partial charge in [0.1, 0.15) is 11.9 Å². The summed E-state index contributed by atoms with van der Waals surface area (Å²) in [6.45, 7) is 1.88. The molecular weight excluding hydrogens is 442 g/mol. The molecule has 0 aromatic heterocycles. The third-order valence-electron chi connectivity index (χ3n) is 5.50. The van der Waals surface area contributed by atoms with E-state index in [0.29, 0.717) is 16.8 Å². The topological polar surface area (TPSA) is 132 Å². The van der Waals surface area contributed by atoms with E-state index < -0.39 is 12.1 Å². The van der Waals surface area contributed by atoms with Gasteiger partial charge in [-0.1, -0.05) is 48.5 Å². The normalized spacial score (nSPS) is 11.1. The van der Waals surface area contributed by atoms with Crippen LogP contribution in [0.3, 0.4) is 0 Å². The maximum absolute atomic E-state index is 13.3. The van der Waals surface area contributed by atoms with Gasteiger partial charge in [0.2, 0.25) is 5.91 Å². The van der Waals surface area contributed by atoms with Gasteiger partial charge in [0.05, 0.1) is 18.2 Å². The molecule has 2 amide bonds. The van der Waals surface area contributed by atoms with Crippen molar-refractivity contribution in [2.75, 3.05) is 19.0 Å². The van der Waals surface area contributed by atoms with Crippen LogP contribution in [0.15, 0.2) is 72.8 Å². The van der Waals surface area contributed by atoms with Crippen molar-refractivity contribution >= 4 is 23.5 Å². The lowest BCUT2D eigenvalue weighted by Crippen LogP contribution is -2.46. The van der Waals surface area contributed by atoms with Crippen molar-refractivity contribution in [2.24, 2.45) is 5.73 Å². The maximum atomic E-state index is 13.3. The van der Waals surface area contributed by atoms with Gasteiger partial charge in [-0.3, -0.25) is 15.1 Å². The molecule has 0 aliphatic rings. The Balaban J connectivity index is 1.83. The zero-order chi connectivity index (χ0) is 25.4. The van der Waals surface area contributed by atoms with E-state index in [4.69, 9.17) is 15.9 Å². The second kappa shape index (κ2) is 11.5. The average molecular weight is 470 g/mol. The van der Waals surface area contributed by atoms with Crippen LogP contribution in [0.25, 0.3) is 11.1 Å². The largest absolute Gasteiger partial charge is 0.450 e. The number of carbonyl (C=O) groups excluding carboxylic acids is 2. The molecule has 4 N–H and O–H groups in total. The van der Waals surface area contributed by atoms with E-state index in [1.807, 2.05) is 36.4 Å². The minimum Gasteiger partial charge on any atom is -0.450 e. The summed E-state index contributed by atoms with van der Waals surface area (Å²) in [6.07, 6.45) is -0.408. The van der Waals surface area contributed by atoms with Crippen molar-refractivity contribution in [3.8, 4) is 17.2 Å². The van der Waals surface area contributed by atoms with Gasteiger partial charge in [-0.05, 0) is 47.9 Å². The third-order valence-corrected chi connectivity index (χ3v) is 5.50. The van der Waals surface area contributed by atoms with Gasteiger partial charge >= 0.3 is 6.09 Å². The molecular formula is C27H27N5O3. The summed E-state index contributed by atoms with van der Waals surface area (Å²) in [4.78, 5) is 26.9. The zero-order valence-electron chi connectivity index (χ0n) is 19.6. The molecule has 0 aliphatic carbocycles. The second-order valence-corrected chi connectivity index (χ2v) is 7.87. The Morgan fingerprint density at radius 2 is 1.83 bits per heavy atom.